The first-order valence-electron chi connectivity index (χ1n) is 33.2. The van der Waals surface area contributed by atoms with E-state index in [2.05, 4.69) is 142 Å². The van der Waals surface area contributed by atoms with Crippen molar-refractivity contribution in [3.63, 3.8) is 0 Å². The van der Waals surface area contributed by atoms with Gasteiger partial charge in [-0.15, -0.1) is 0 Å². The van der Waals surface area contributed by atoms with E-state index in [0.717, 1.165) is 116 Å². The van der Waals surface area contributed by atoms with Crippen molar-refractivity contribution in [3.05, 3.63) is 134 Å². The molecule has 6 nitrogen and oxygen atoms in total. The second-order valence-electron chi connectivity index (χ2n) is 21.6. The molecule has 0 amide bonds. The number of hydrogen-bond donors (Lipinski definition) is 0. The van der Waals surface area contributed by atoms with Crippen LogP contribution in [0.3, 0.4) is 0 Å². The molecule has 0 heterocycles. The monoisotopic (exact) mass is 1110 g/mol. The van der Waals surface area contributed by atoms with E-state index in [-0.39, 0.29) is 31.6 Å². The zero-order valence-corrected chi connectivity index (χ0v) is 52.0. The molecule has 0 saturated carbocycles. The van der Waals surface area contributed by atoms with E-state index in [4.69, 9.17) is 14.2 Å². The minimum Gasteiger partial charge on any atom is -0.462 e. The van der Waals surface area contributed by atoms with Gasteiger partial charge in [-0.2, -0.15) is 0 Å². The molecule has 1 unspecified atom stereocenters. The molecule has 0 bridgehead atoms. The predicted molar refractivity (Wildman–Crippen MR) is 348 cm³/mol. The second kappa shape index (κ2) is 67.1. The molecule has 1 atom stereocenters. The highest BCUT2D eigenvalue weighted by molar-refractivity contribution is 5.72. The first-order chi connectivity index (χ1) is 39.5. The molecular formula is C74H122O6. The normalized spacial score (nSPS) is 13.0. The lowest BCUT2D eigenvalue weighted by Crippen LogP contribution is -2.30. The lowest BCUT2D eigenvalue weighted by Gasteiger charge is -2.18. The van der Waals surface area contributed by atoms with Crippen molar-refractivity contribution in [1.82, 2.24) is 0 Å². The largest absolute Gasteiger partial charge is 0.462 e. The smallest absolute Gasteiger partial charge is 0.309 e. The lowest BCUT2D eigenvalue weighted by atomic mass is 10.0. The van der Waals surface area contributed by atoms with Crippen LogP contribution in [0.5, 0.6) is 0 Å². The topological polar surface area (TPSA) is 78.9 Å². The van der Waals surface area contributed by atoms with Gasteiger partial charge in [0.2, 0.25) is 0 Å². The van der Waals surface area contributed by atoms with Crippen LogP contribution in [0.25, 0.3) is 0 Å². The van der Waals surface area contributed by atoms with Crippen LogP contribution in [0, 0.1) is 0 Å². The summed E-state index contributed by atoms with van der Waals surface area (Å²) in [6.45, 7) is 6.33. The van der Waals surface area contributed by atoms with Crippen LogP contribution in [0.1, 0.15) is 297 Å². The zero-order chi connectivity index (χ0) is 57.8. The molecule has 0 aromatic rings. The highest BCUT2D eigenvalue weighted by Crippen LogP contribution is 2.16. The molecule has 0 spiro atoms. The average molecular weight is 1110 g/mol. The number of hydrogen-bond acceptors (Lipinski definition) is 6. The lowest BCUT2D eigenvalue weighted by molar-refractivity contribution is -0.166. The third-order valence-electron chi connectivity index (χ3n) is 13.9. The van der Waals surface area contributed by atoms with Crippen LogP contribution in [0.4, 0.5) is 0 Å². The van der Waals surface area contributed by atoms with Crippen LogP contribution in [0.2, 0.25) is 0 Å². The molecule has 0 aliphatic carbocycles. The maximum absolute atomic E-state index is 12.9. The van der Waals surface area contributed by atoms with Crippen LogP contribution in [-0.4, -0.2) is 37.2 Å². The molecule has 80 heavy (non-hydrogen) atoms. The first-order valence-corrected chi connectivity index (χ1v) is 33.2. The predicted octanol–water partition coefficient (Wildman–Crippen LogP) is 22.9. The number of esters is 3. The van der Waals surface area contributed by atoms with E-state index in [1.807, 2.05) is 6.08 Å². The van der Waals surface area contributed by atoms with E-state index in [9.17, 15) is 14.4 Å². The van der Waals surface area contributed by atoms with Crippen LogP contribution >= 0.6 is 0 Å². The molecule has 0 aromatic heterocycles. The van der Waals surface area contributed by atoms with Crippen LogP contribution in [0.15, 0.2) is 134 Å². The summed E-state index contributed by atoms with van der Waals surface area (Å²) in [7, 11) is 0. The first kappa shape index (κ1) is 75.5. The number of ether oxygens (including phenoxy) is 3. The molecular weight excluding hydrogens is 985 g/mol. The zero-order valence-electron chi connectivity index (χ0n) is 52.0. The van der Waals surface area contributed by atoms with E-state index >= 15 is 0 Å². The molecule has 454 valence electrons. The third kappa shape index (κ3) is 64.4. The number of rotatable bonds is 59. The number of carbonyl (C=O) groups is 3. The van der Waals surface area contributed by atoms with Gasteiger partial charge in [0.1, 0.15) is 13.2 Å². The fourth-order valence-corrected chi connectivity index (χ4v) is 9.01. The summed E-state index contributed by atoms with van der Waals surface area (Å²) in [5.41, 5.74) is 0. The van der Waals surface area contributed by atoms with Crippen molar-refractivity contribution in [2.24, 2.45) is 0 Å². The Morgan fingerprint density at radius 1 is 0.275 bits per heavy atom. The molecule has 0 aliphatic heterocycles. The van der Waals surface area contributed by atoms with Crippen molar-refractivity contribution in [2.75, 3.05) is 13.2 Å². The summed E-state index contributed by atoms with van der Waals surface area (Å²) >= 11 is 0. The van der Waals surface area contributed by atoms with Crippen LogP contribution in [-0.2, 0) is 28.6 Å². The Morgan fingerprint density at radius 3 is 0.887 bits per heavy atom. The number of unbranched alkanes of at least 4 members (excludes halogenated alkanes) is 27. The Morgan fingerprint density at radius 2 is 0.537 bits per heavy atom. The van der Waals surface area contributed by atoms with Crippen molar-refractivity contribution in [3.8, 4) is 0 Å². The standard InChI is InChI=1S/C74H122O6/c1-4-7-10-13-16-19-22-25-28-30-31-32-33-34-35-36-37-38-39-40-41-42-43-44-47-49-52-55-58-61-64-67-73(76)79-70-71(69-78-72(75)66-63-60-57-54-51-48-45-27-24-21-18-15-12-9-6-3)80-74(77)68-65-62-59-56-53-50-46-29-26-23-20-17-14-11-8-5-2/h7,9-10,12,16,18-19,21,25,27-29,31-32,34-35,45-46,51,54,60,63,71H,4-6,8,11,13-15,17,20,22-24,26,30,33,36-44,47-50,52-53,55-59,61-62,64-70H2,1-3H3/b10-7-,12-9-,19-16-,21-18-,28-25-,32-31-,35-34-,45-27-,46-29-,54-51-,63-60-. The summed E-state index contributed by atoms with van der Waals surface area (Å²) in [4.78, 5) is 38.3. The molecule has 0 aliphatic rings. The summed E-state index contributed by atoms with van der Waals surface area (Å²) in [6.07, 6.45) is 95.0. The molecule has 0 rings (SSSR count). The third-order valence-corrected chi connectivity index (χ3v) is 13.9. The average Bonchev–Trinajstić information content (AvgIpc) is 3.46. The highest BCUT2D eigenvalue weighted by atomic mass is 16.6. The maximum atomic E-state index is 12.9. The highest BCUT2D eigenvalue weighted by Gasteiger charge is 2.19. The summed E-state index contributed by atoms with van der Waals surface area (Å²) in [5.74, 6) is -1.05. The Hall–Kier alpha value is -4.45. The van der Waals surface area contributed by atoms with Gasteiger partial charge < -0.3 is 14.2 Å². The van der Waals surface area contributed by atoms with Crippen molar-refractivity contribution in [1.29, 1.82) is 0 Å². The fourth-order valence-electron chi connectivity index (χ4n) is 9.01. The van der Waals surface area contributed by atoms with E-state index in [0.29, 0.717) is 12.8 Å². The van der Waals surface area contributed by atoms with Crippen LogP contribution < -0.4 is 0 Å². The van der Waals surface area contributed by atoms with E-state index in [1.54, 1.807) is 6.08 Å². The van der Waals surface area contributed by atoms with Gasteiger partial charge in [-0.1, -0.05) is 296 Å². The SMILES string of the molecule is CC/C=C\C/C=C\C/C=C\C/C=C\C/C=C\CCCCCCCCCCCCCCCCCC(=O)OCC(COC(=O)C/C=C\C/C=C\C/C=C\C/C=C\C/C=C\CC)OC(=O)CCCCCCC/C=C\CCCCCCCCC. The molecule has 0 saturated heterocycles. The van der Waals surface area contributed by atoms with Crippen molar-refractivity contribution in [2.45, 2.75) is 303 Å². The fraction of sp³-hybridized carbons (Fsp3) is 0.662. The minimum absolute atomic E-state index is 0.113. The molecule has 0 N–H and O–H groups in total. The summed E-state index contributed by atoms with van der Waals surface area (Å²) < 4.78 is 16.8. The molecule has 0 radical (unpaired) electrons. The Balaban J connectivity index is 4.31. The van der Waals surface area contributed by atoms with Crippen molar-refractivity contribution >= 4 is 17.9 Å². The van der Waals surface area contributed by atoms with Crippen molar-refractivity contribution < 1.29 is 28.6 Å². The molecule has 0 aromatic carbocycles. The summed E-state index contributed by atoms with van der Waals surface area (Å²) in [6, 6.07) is 0. The van der Waals surface area contributed by atoms with Gasteiger partial charge in [0.25, 0.3) is 0 Å². The quantitative estimate of drug-likeness (QED) is 0.0261. The van der Waals surface area contributed by atoms with Gasteiger partial charge in [-0.3, -0.25) is 14.4 Å². The summed E-state index contributed by atoms with van der Waals surface area (Å²) in [5, 5.41) is 0. The van der Waals surface area contributed by atoms with Gasteiger partial charge in [0.05, 0.1) is 6.42 Å². The number of carbonyl (C=O) groups excluding carboxylic acids is 3. The molecule has 6 heteroatoms. The number of allylic oxidation sites excluding steroid dienone is 21. The van der Waals surface area contributed by atoms with Gasteiger partial charge in [-0.25, -0.2) is 0 Å². The maximum Gasteiger partial charge on any atom is 0.309 e. The van der Waals surface area contributed by atoms with Gasteiger partial charge >= 0.3 is 17.9 Å². The molecule has 0 fully saturated rings. The Labute approximate surface area is 494 Å². The van der Waals surface area contributed by atoms with Gasteiger partial charge in [0, 0.05) is 12.8 Å². The second-order valence-corrected chi connectivity index (χ2v) is 21.6. The Bertz CT molecular complexity index is 1700. The minimum atomic E-state index is -0.826. The van der Waals surface area contributed by atoms with E-state index in [1.165, 1.54) is 141 Å². The van der Waals surface area contributed by atoms with E-state index < -0.39 is 12.1 Å². The Kier molecular flexibility index (Phi) is 63.3. The van der Waals surface area contributed by atoms with Gasteiger partial charge in [0.15, 0.2) is 6.10 Å². The van der Waals surface area contributed by atoms with Gasteiger partial charge in [-0.05, 0) is 116 Å².